The quantitative estimate of drug-likeness (QED) is 0.629. The molecule has 0 heterocycles. The lowest BCUT2D eigenvalue weighted by atomic mass is 10.3. The second-order valence-corrected chi connectivity index (χ2v) is 3.79. The van der Waals surface area contributed by atoms with Gasteiger partial charge in [-0.1, -0.05) is 6.92 Å². The number of rotatable bonds is 5. The first kappa shape index (κ1) is 13.7. The van der Waals surface area contributed by atoms with Gasteiger partial charge in [0.2, 0.25) is 5.91 Å². The Hall–Kier alpha value is -1.26. The lowest BCUT2D eigenvalue weighted by Gasteiger charge is -2.15. The van der Waals surface area contributed by atoms with Gasteiger partial charge >= 0.3 is 6.03 Å². The van der Waals surface area contributed by atoms with Gasteiger partial charge in [0.1, 0.15) is 6.04 Å². The molecule has 5 nitrogen and oxygen atoms in total. The molecular formula is C10H21N3O2. The summed E-state index contributed by atoms with van der Waals surface area (Å²) >= 11 is 0. The summed E-state index contributed by atoms with van der Waals surface area (Å²) in [5.41, 5.74) is 0. The van der Waals surface area contributed by atoms with E-state index in [9.17, 15) is 9.59 Å². The molecule has 0 radical (unpaired) electrons. The fraction of sp³-hybridized carbons (Fsp3) is 0.800. The third kappa shape index (κ3) is 6.76. The number of urea groups is 1. The van der Waals surface area contributed by atoms with Gasteiger partial charge in [-0.3, -0.25) is 4.79 Å². The highest BCUT2D eigenvalue weighted by Crippen LogP contribution is 1.84. The summed E-state index contributed by atoms with van der Waals surface area (Å²) in [7, 11) is 0. The van der Waals surface area contributed by atoms with Gasteiger partial charge in [0.05, 0.1) is 0 Å². The fourth-order valence-electron chi connectivity index (χ4n) is 0.967. The van der Waals surface area contributed by atoms with E-state index in [1.54, 1.807) is 6.92 Å². The van der Waals surface area contributed by atoms with E-state index in [2.05, 4.69) is 16.0 Å². The molecule has 5 heteroatoms. The Morgan fingerprint density at radius 3 is 2.20 bits per heavy atom. The summed E-state index contributed by atoms with van der Waals surface area (Å²) in [6.07, 6.45) is 0.886. The van der Waals surface area contributed by atoms with Crippen LogP contribution in [-0.4, -0.2) is 30.6 Å². The predicted octanol–water partition coefficient (Wildman–Crippen LogP) is 0.609. The molecule has 88 valence electrons. The van der Waals surface area contributed by atoms with Crippen LogP contribution in [-0.2, 0) is 4.79 Å². The summed E-state index contributed by atoms with van der Waals surface area (Å²) in [6, 6.07) is -0.754. The predicted molar refractivity (Wildman–Crippen MR) is 59.6 cm³/mol. The minimum absolute atomic E-state index is 0.0657. The van der Waals surface area contributed by atoms with Crippen molar-refractivity contribution in [2.45, 2.75) is 46.2 Å². The monoisotopic (exact) mass is 215 g/mol. The molecule has 0 aromatic rings. The third-order valence-electron chi connectivity index (χ3n) is 1.71. The van der Waals surface area contributed by atoms with Gasteiger partial charge in [0.15, 0.2) is 0 Å². The lowest BCUT2D eigenvalue weighted by Crippen LogP contribution is -2.49. The van der Waals surface area contributed by atoms with E-state index >= 15 is 0 Å². The first-order valence-corrected chi connectivity index (χ1v) is 5.32. The average molecular weight is 215 g/mol. The van der Waals surface area contributed by atoms with Crippen molar-refractivity contribution in [2.75, 3.05) is 6.54 Å². The van der Waals surface area contributed by atoms with Gasteiger partial charge in [-0.05, 0) is 27.2 Å². The molecule has 3 amide bonds. The summed E-state index contributed by atoms with van der Waals surface area (Å²) in [6.45, 7) is 7.99. The molecule has 1 unspecified atom stereocenters. The topological polar surface area (TPSA) is 70.2 Å². The molecule has 0 fully saturated rings. The van der Waals surface area contributed by atoms with Crippen molar-refractivity contribution in [3.05, 3.63) is 0 Å². The minimum atomic E-state index is -0.504. The second kappa shape index (κ2) is 7.09. The molecule has 3 N–H and O–H groups in total. The third-order valence-corrected chi connectivity index (χ3v) is 1.71. The zero-order valence-electron chi connectivity index (χ0n) is 9.89. The van der Waals surface area contributed by atoms with Crippen LogP contribution in [0.1, 0.15) is 34.1 Å². The first-order chi connectivity index (χ1) is 6.97. The van der Waals surface area contributed by atoms with Crippen molar-refractivity contribution >= 4 is 11.9 Å². The van der Waals surface area contributed by atoms with E-state index in [1.165, 1.54) is 0 Å². The average Bonchev–Trinajstić information content (AvgIpc) is 2.12. The molecule has 0 aliphatic rings. The Morgan fingerprint density at radius 2 is 1.73 bits per heavy atom. The van der Waals surface area contributed by atoms with Gasteiger partial charge in [-0.2, -0.15) is 0 Å². The SMILES string of the molecule is CCCNC(=O)C(C)NC(=O)NC(C)C. The molecule has 0 aromatic heterocycles. The van der Waals surface area contributed by atoms with Crippen LogP contribution in [0.5, 0.6) is 0 Å². The van der Waals surface area contributed by atoms with Crippen LogP contribution >= 0.6 is 0 Å². The van der Waals surface area contributed by atoms with Crippen molar-refractivity contribution in [2.24, 2.45) is 0 Å². The van der Waals surface area contributed by atoms with Gasteiger partial charge in [-0.15, -0.1) is 0 Å². The summed E-state index contributed by atoms with van der Waals surface area (Å²) in [5, 5.41) is 7.92. The van der Waals surface area contributed by atoms with E-state index in [0.29, 0.717) is 6.54 Å². The fourth-order valence-corrected chi connectivity index (χ4v) is 0.967. The highest BCUT2D eigenvalue weighted by Gasteiger charge is 2.14. The highest BCUT2D eigenvalue weighted by molar-refractivity contribution is 5.86. The first-order valence-electron chi connectivity index (χ1n) is 5.32. The molecule has 0 aromatic carbocycles. The van der Waals surface area contributed by atoms with Crippen LogP contribution < -0.4 is 16.0 Å². The number of amides is 3. The largest absolute Gasteiger partial charge is 0.354 e. The van der Waals surface area contributed by atoms with Gasteiger partial charge in [0, 0.05) is 12.6 Å². The standard InChI is InChI=1S/C10H21N3O2/c1-5-6-11-9(14)8(4)13-10(15)12-7(2)3/h7-8H,5-6H2,1-4H3,(H,11,14)(H2,12,13,15). The van der Waals surface area contributed by atoms with Crippen molar-refractivity contribution in [1.82, 2.24) is 16.0 Å². The second-order valence-electron chi connectivity index (χ2n) is 3.79. The van der Waals surface area contributed by atoms with Crippen LogP contribution in [0.15, 0.2) is 0 Å². The minimum Gasteiger partial charge on any atom is -0.354 e. The van der Waals surface area contributed by atoms with Crippen LogP contribution in [0.4, 0.5) is 4.79 Å². The molecule has 0 rings (SSSR count). The number of hydrogen-bond acceptors (Lipinski definition) is 2. The van der Waals surface area contributed by atoms with Crippen LogP contribution in [0.2, 0.25) is 0 Å². The van der Waals surface area contributed by atoms with E-state index in [4.69, 9.17) is 0 Å². The number of nitrogens with one attached hydrogen (secondary N) is 3. The van der Waals surface area contributed by atoms with Crippen molar-refractivity contribution < 1.29 is 9.59 Å². The zero-order valence-corrected chi connectivity index (χ0v) is 9.89. The molecule has 0 saturated carbocycles. The number of hydrogen-bond donors (Lipinski definition) is 3. The van der Waals surface area contributed by atoms with Gasteiger partial charge in [-0.25, -0.2) is 4.79 Å². The zero-order chi connectivity index (χ0) is 11.8. The summed E-state index contributed by atoms with van der Waals surface area (Å²) in [4.78, 5) is 22.6. The Kier molecular flexibility index (Phi) is 6.49. The van der Waals surface area contributed by atoms with Crippen LogP contribution in [0, 0.1) is 0 Å². The molecule has 0 aliphatic carbocycles. The van der Waals surface area contributed by atoms with Crippen LogP contribution in [0.3, 0.4) is 0 Å². The van der Waals surface area contributed by atoms with E-state index in [-0.39, 0.29) is 18.0 Å². The number of carbonyl (C=O) groups is 2. The van der Waals surface area contributed by atoms with E-state index in [0.717, 1.165) is 6.42 Å². The smallest absolute Gasteiger partial charge is 0.315 e. The molecule has 1 atom stereocenters. The van der Waals surface area contributed by atoms with Gasteiger partial charge in [0.25, 0.3) is 0 Å². The lowest BCUT2D eigenvalue weighted by molar-refractivity contribution is -0.122. The van der Waals surface area contributed by atoms with Crippen molar-refractivity contribution in [1.29, 1.82) is 0 Å². The van der Waals surface area contributed by atoms with E-state index < -0.39 is 6.04 Å². The maximum absolute atomic E-state index is 11.4. The Balaban J connectivity index is 3.85. The molecule has 0 spiro atoms. The highest BCUT2D eigenvalue weighted by atomic mass is 16.2. The molecule has 0 bridgehead atoms. The molecular weight excluding hydrogens is 194 g/mol. The summed E-state index contributed by atoms with van der Waals surface area (Å²) < 4.78 is 0. The molecule has 15 heavy (non-hydrogen) atoms. The van der Waals surface area contributed by atoms with Crippen LogP contribution in [0.25, 0.3) is 0 Å². The Bertz CT molecular complexity index is 217. The van der Waals surface area contributed by atoms with E-state index in [1.807, 2.05) is 20.8 Å². The normalized spacial score (nSPS) is 12.1. The number of carbonyl (C=O) groups excluding carboxylic acids is 2. The molecule has 0 aliphatic heterocycles. The van der Waals surface area contributed by atoms with Crippen molar-refractivity contribution in [3.63, 3.8) is 0 Å². The van der Waals surface area contributed by atoms with Crippen molar-refractivity contribution in [3.8, 4) is 0 Å². The van der Waals surface area contributed by atoms with Gasteiger partial charge < -0.3 is 16.0 Å². The Morgan fingerprint density at radius 1 is 1.13 bits per heavy atom. The molecule has 0 saturated heterocycles. The maximum Gasteiger partial charge on any atom is 0.315 e. The maximum atomic E-state index is 11.4. The summed E-state index contributed by atoms with van der Waals surface area (Å²) in [5.74, 6) is -0.157. The Labute approximate surface area is 91.0 Å².